The van der Waals surface area contributed by atoms with E-state index in [0.717, 1.165) is 26.2 Å². The van der Waals surface area contributed by atoms with Crippen LogP contribution in [0.5, 0.6) is 0 Å². The highest BCUT2D eigenvalue weighted by molar-refractivity contribution is 7.91. The van der Waals surface area contributed by atoms with Crippen molar-refractivity contribution in [3.05, 3.63) is 114 Å². The molecule has 31 heavy (non-hydrogen) atoms. The van der Waals surface area contributed by atoms with E-state index in [0.29, 0.717) is 11.3 Å². The zero-order valence-electron chi connectivity index (χ0n) is 16.7. The number of amides is 1. The molecule has 0 unspecified atom stereocenters. The molecule has 0 aliphatic carbocycles. The van der Waals surface area contributed by atoms with Gasteiger partial charge in [0.2, 0.25) is 0 Å². The molecule has 4 aromatic rings. The zero-order chi connectivity index (χ0) is 21.4. The fourth-order valence-electron chi connectivity index (χ4n) is 4.01. The number of benzene rings is 4. The van der Waals surface area contributed by atoms with Gasteiger partial charge in [-0.05, 0) is 34.0 Å². The van der Waals surface area contributed by atoms with Crippen molar-refractivity contribution in [3.8, 4) is 0 Å². The first-order valence-corrected chi connectivity index (χ1v) is 11.4. The van der Waals surface area contributed by atoms with E-state index in [4.69, 9.17) is 0 Å². The van der Waals surface area contributed by atoms with Gasteiger partial charge >= 0.3 is 10.2 Å². The highest BCUT2D eigenvalue weighted by atomic mass is 32.2. The van der Waals surface area contributed by atoms with Gasteiger partial charge in [0.25, 0.3) is 5.91 Å². The summed E-state index contributed by atoms with van der Waals surface area (Å²) in [4.78, 5) is 13.2. The van der Waals surface area contributed by atoms with E-state index in [1.54, 1.807) is 24.3 Å². The summed E-state index contributed by atoms with van der Waals surface area (Å²) in [6.45, 7) is 0.127. The number of rotatable bonds is 4. The van der Waals surface area contributed by atoms with Gasteiger partial charge in [-0.15, -0.1) is 0 Å². The van der Waals surface area contributed by atoms with Gasteiger partial charge in [-0.25, -0.2) is 8.61 Å². The summed E-state index contributed by atoms with van der Waals surface area (Å²) in [6, 6.07) is 29.8. The van der Waals surface area contributed by atoms with Gasteiger partial charge in [-0.1, -0.05) is 84.9 Å². The fourth-order valence-corrected chi connectivity index (χ4v) is 5.58. The second-order valence-electron chi connectivity index (χ2n) is 7.47. The van der Waals surface area contributed by atoms with Crippen LogP contribution in [-0.4, -0.2) is 18.6 Å². The minimum atomic E-state index is -4.07. The van der Waals surface area contributed by atoms with Crippen LogP contribution in [0.1, 0.15) is 21.5 Å². The molecule has 1 aliphatic heterocycles. The van der Waals surface area contributed by atoms with Gasteiger partial charge in [0.15, 0.2) is 0 Å². The minimum absolute atomic E-state index is 0.0115. The predicted octanol–water partition coefficient (Wildman–Crippen LogP) is 4.75. The molecule has 4 aromatic carbocycles. The molecule has 1 heterocycles. The lowest BCUT2D eigenvalue weighted by Gasteiger charge is -2.37. The van der Waals surface area contributed by atoms with E-state index in [2.05, 4.69) is 0 Å². The van der Waals surface area contributed by atoms with Crippen molar-refractivity contribution in [3.63, 3.8) is 0 Å². The molecule has 0 saturated heterocycles. The third kappa shape index (κ3) is 3.35. The number of anilines is 1. The molecule has 0 fully saturated rings. The Morgan fingerprint density at radius 2 is 1.32 bits per heavy atom. The first-order chi connectivity index (χ1) is 15.1. The zero-order valence-corrected chi connectivity index (χ0v) is 17.5. The van der Waals surface area contributed by atoms with Gasteiger partial charge < -0.3 is 0 Å². The van der Waals surface area contributed by atoms with Crippen LogP contribution in [0.15, 0.2) is 97.1 Å². The molecule has 0 spiro atoms. The van der Waals surface area contributed by atoms with Crippen LogP contribution in [0.25, 0.3) is 10.8 Å². The Bertz CT molecular complexity index is 1380. The normalized spacial score (nSPS) is 15.2. The molecule has 6 heteroatoms. The third-order valence-corrected chi connectivity index (χ3v) is 7.28. The smallest absolute Gasteiger partial charge is 0.268 e. The van der Waals surface area contributed by atoms with Crippen LogP contribution in [0.3, 0.4) is 0 Å². The van der Waals surface area contributed by atoms with Crippen LogP contribution in [0.2, 0.25) is 0 Å². The number of nitrogens with zero attached hydrogens (tertiary/aromatic N) is 2. The Kier molecular flexibility index (Phi) is 4.71. The standard InChI is InChI=1S/C25H20N2O3S/c28-25-23-15-6-7-16-24(23)26(18-21-13-8-12-20-11-4-5-14-22(20)21)31(29,30)27(25)17-19-9-2-1-3-10-19/h1-16H,17-18H2. The first-order valence-electron chi connectivity index (χ1n) is 10.00. The van der Waals surface area contributed by atoms with Crippen LogP contribution in [-0.2, 0) is 23.3 Å². The van der Waals surface area contributed by atoms with Crippen molar-refractivity contribution < 1.29 is 13.2 Å². The lowest BCUT2D eigenvalue weighted by Crippen LogP contribution is -2.50. The average Bonchev–Trinajstić information content (AvgIpc) is 2.80. The molecule has 0 saturated carbocycles. The third-order valence-electron chi connectivity index (χ3n) is 5.55. The maximum absolute atomic E-state index is 13.7. The molecule has 1 aliphatic rings. The van der Waals surface area contributed by atoms with Crippen molar-refractivity contribution >= 4 is 32.6 Å². The summed E-state index contributed by atoms with van der Waals surface area (Å²) in [5.41, 5.74) is 2.42. The lowest BCUT2D eigenvalue weighted by atomic mass is 10.0. The Balaban J connectivity index is 1.63. The molecule has 0 aromatic heterocycles. The molecular weight excluding hydrogens is 408 g/mol. The summed E-state index contributed by atoms with van der Waals surface area (Å²) in [5.74, 6) is -0.506. The van der Waals surface area contributed by atoms with Crippen LogP contribution in [0.4, 0.5) is 5.69 Å². The number of para-hydroxylation sites is 1. The maximum atomic E-state index is 13.7. The summed E-state index contributed by atoms with van der Waals surface area (Å²) in [6.07, 6.45) is 0. The predicted molar refractivity (Wildman–Crippen MR) is 122 cm³/mol. The van der Waals surface area contributed by atoms with Gasteiger partial charge in [0.05, 0.1) is 24.3 Å². The Hall–Kier alpha value is -3.64. The summed E-state index contributed by atoms with van der Waals surface area (Å²) >= 11 is 0. The van der Waals surface area contributed by atoms with Crippen molar-refractivity contribution in [2.24, 2.45) is 0 Å². The second-order valence-corrected chi connectivity index (χ2v) is 9.24. The van der Waals surface area contributed by atoms with Gasteiger partial charge in [-0.2, -0.15) is 8.42 Å². The molecule has 154 valence electrons. The van der Waals surface area contributed by atoms with Gasteiger partial charge in [0.1, 0.15) is 0 Å². The van der Waals surface area contributed by atoms with Crippen LogP contribution < -0.4 is 4.31 Å². The molecule has 5 rings (SSSR count). The monoisotopic (exact) mass is 428 g/mol. The second kappa shape index (κ2) is 7.56. The van der Waals surface area contributed by atoms with Crippen molar-refractivity contribution in [1.29, 1.82) is 0 Å². The maximum Gasteiger partial charge on any atom is 0.329 e. The first kappa shape index (κ1) is 19.3. The quantitative estimate of drug-likeness (QED) is 0.471. The SMILES string of the molecule is O=C1c2ccccc2N(Cc2cccc3ccccc23)S(=O)(=O)N1Cc1ccccc1. The highest BCUT2D eigenvalue weighted by Gasteiger charge is 2.41. The largest absolute Gasteiger partial charge is 0.329 e. The van der Waals surface area contributed by atoms with E-state index >= 15 is 0 Å². The molecule has 1 amide bonds. The molecule has 0 radical (unpaired) electrons. The number of fused-ring (bicyclic) bond motifs is 2. The van der Waals surface area contributed by atoms with Crippen LogP contribution in [0, 0.1) is 0 Å². The molecule has 0 atom stereocenters. The van der Waals surface area contributed by atoms with Crippen LogP contribution >= 0.6 is 0 Å². The summed E-state index contributed by atoms with van der Waals surface area (Å²) < 4.78 is 29.6. The van der Waals surface area contributed by atoms with Crippen molar-refractivity contribution in [2.45, 2.75) is 13.1 Å². The van der Waals surface area contributed by atoms with E-state index in [1.807, 2.05) is 72.8 Å². The molecule has 0 N–H and O–H groups in total. The Morgan fingerprint density at radius 3 is 2.16 bits per heavy atom. The average molecular weight is 429 g/mol. The number of carbonyl (C=O) groups is 1. The van der Waals surface area contributed by atoms with Crippen molar-refractivity contribution in [2.75, 3.05) is 4.31 Å². The molecule has 0 bridgehead atoms. The Labute approximate surface area is 181 Å². The molecular formula is C25H20N2O3S. The summed E-state index contributed by atoms with van der Waals surface area (Å²) in [7, 11) is -4.07. The minimum Gasteiger partial charge on any atom is -0.268 e. The number of carbonyl (C=O) groups excluding carboxylic acids is 1. The van der Waals surface area contributed by atoms with Gasteiger partial charge in [0, 0.05) is 0 Å². The van der Waals surface area contributed by atoms with Gasteiger partial charge in [-0.3, -0.25) is 4.79 Å². The highest BCUT2D eigenvalue weighted by Crippen LogP contribution is 2.35. The topological polar surface area (TPSA) is 57.7 Å². The lowest BCUT2D eigenvalue weighted by molar-refractivity contribution is 0.0851. The molecule has 5 nitrogen and oxygen atoms in total. The summed E-state index contributed by atoms with van der Waals surface area (Å²) in [5, 5.41) is 2.03. The fraction of sp³-hybridized carbons (Fsp3) is 0.0800. The number of hydrogen-bond acceptors (Lipinski definition) is 3. The van der Waals surface area contributed by atoms with E-state index in [9.17, 15) is 13.2 Å². The van der Waals surface area contributed by atoms with E-state index in [-0.39, 0.29) is 13.1 Å². The van der Waals surface area contributed by atoms with E-state index < -0.39 is 16.1 Å². The number of hydrogen-bond donors (Lipinski definition) is 0. The Morgan fingerprint density at radius 1 is 0.645 bits per heavy atom. The van der Waals surface area contributed by atoms with E-state index in [1.165, 1.54) is 4.31 Å². The van der Waals surface area contributed by atoms with Crippen molar-refractivity contribution in [1.82, 2.24) is 4.31 Å².